The number of ether oxygens (including phenoxy) is 2. The van der Waals surface area contributed by atoms with Crippen molar-refractivity contribution in [3.8, 4) is 0 Å². The number of rotatable bonds is 4. The van der Waals surface area contributed by atoms with E-state index in [-0.39, 0.29) is 32.7 Å². The molecule has 0 aliphatic carbocycles. The summed E-state index contributed by atoms with van der Waals surface area (Å²) in [6, 6.07) is 0. The van der Waals surface area contributed by atoms with E-state index in [1.54, 1.807) is 0 Å². The molecular formula is C4H6O6Y-2. The molecular weight excluding hydrogens is 233 g/mol. The zero-order valence-corrected chi connectivity index (χ0v) is 8.36. The minimum absolute atomic E-state index is 0. The van der Waals surface area contributed by atoms with Crippen LogP contribution in [-0.2, 0) is 51.8 Å². The maximum atomic E-state index is 8.90. The number of hydrogen-bond donors (Lipinski definition) is 2. The summed E-state index contributed by atoms with van der Waals surface area (Å²) in [7, 11) is 0. The van der Waals surface area contributed by atoms with Crippen LogP contribution in [0.5, 0.6) is 0 Å². The number of carbonyl (C=O) groups excluding carboxylic acids is 2. The normalized spacial score (nSPS) is 6.00. The topological polar surface area (TPSA) is 93.1 Å². The van der Waals surface area contributed by atoms with Gasteiger partial charge in [0.2, 0.25) is 0 Å². The van der Waals surface area contributed by atoms with Crippen LogP contribution in [0.1, 0.15) is 0 Å². The van der Waals surface area contributed by atoms with E-state index in [2.05, 4.69) is 9.47 Å². The molecule has 0 bridgehead atoms. The average Bonchev–Trinajstić information content (AvgIpc) is 1.93. The molecule has 0 fully saturated rings. The summed E-state index contributed by atoms with van der Waals surface area (Å²) in [4.78, 5) is 17.8. The van der Waals surface area contributed by atoms with E-state index in [1.165, 1.54) is 0 Å². The minimum Gasteiger partial charge on any atom is -0.634 e. The van der Waals surface area contributed by atoms with Crippen molar-refractivity contribution >= 4 is 12.9 Å². The third-order valence-corrected chi connectivity index (χ3v) is 0.247. The molecule has 0 aliphatic heterocycles. The third-order valence-electron chi connectivity index (χ3n) is 0.247. The molecule has 0 amide bonds. The Labute approximate surface area is 88.4 Å². The second kappa shape index (κ2) is 22.5. The van der Waals surface area contributed by atoms with E-state index >= 15 is 0 Å². The molecule has 0 spiro atoms. The van der Waals surface area contributed by atoms with E-state index < -0.39 is 13.6 Å². The van der Waals surface area contributed by atoms with Gasteiger partial charge in [0.1, 0.15) is 0 Å². The Balaban J connectivity index is -0.000000107. The number of aliphatic hydroxyl groups is 2. The maximum Gasteiger partial charge on any atom is 0.152 e. The van der Waals surface area contributed by atoms with E-state index in [0.717, 1.165) is 12.9 Å². The van der Waals surface area contributed by atoms with Gasteiger partial charge in [0.15, 0.2) is 13.6 Å². The van der Waals surface area contributed by atoms with E-state index in [0.29, 0.717) is 0 Å². The van der Waals surface area contributed by atoms with Gasteiger partial charge in [-0.15, -0.1) is 0 Å². The Morgan fingerprint density at radius 1 is 1.00 bits per heavy atom. The smallest absolute Gasteiger partial charge is 0.152 e. The molecule has 0 aromatic carbocycles. The fourth-order valence-corrected chi connectivity index (χ4v) is 0.0527. The summed E-state index contributed by atoms with van der Waals surface area (Å²) in [5, 5.41) is 15.2. The van der Waals surface area contributed by atoms with Crippen LogP contribution < -0.4 is 0 Å². The molecule has 7 heteroatoms. The SMILES string of the molecule is O=[C-]OCO.O=[C-]OCO.[Y]. The summed E-state index contributed by atoms with van der Waals surface area (Å²) < 4.78 is 7.17. The van der Waals surface area contributed by atoms with Crippen molar-refractivity contribution in [3.63, 3.8) is 0 Å². The molecule has 0 aromatic heterocycles. The van der Waals surface area contributed by atoms with Crippen molar-refractivity contribution in [2.45, 2.75) is 0 Å². The van der Waals surface area contributed by atoms with Crippen molar-refractivity contribution < 1.29 is 62.0 Å². The maximum absolute atomic E-state index is 8.90. The van der Waals surface area contributed by atoms with Gasteiger partial charge in [-0.05, 0) is 0 Å². The molecule has 0 unspecified atom stereocenters. The Morgan fingerprint density at radius 3 is 1.27 bits per heavy atom. The van der Waals surface area contributed by atoms with Gasteiger partial charge >= 0.3 is 0 Å². The van der Waals surface area contributed by atoms with E-state index in [1.807, 2.05) is 0 Å². The Hall–Kier alpha value is -0.0361. The quantitative estimate of drug-likeness (QED) is 0.437. The van der Waals surface area contributed by atoms with Crippen LogP contribution in [0.3, 0.4) is 0 Å². The zero-order chi connectivity index (χ0) is 8.24. The van der Waals surface area contributed by atoms with Crippen LogP contribution in [0.25, 0.3) is 0 Å². The molecule has 1 radical (unpaired) electrons. The second-order valence-electron chi connectivity index (χ2n) is 0.714. The van der Waals surface area contributed by atoms with Crippen molar-refractivity contribution in [2.75, 3.05) is 13.6 Å². The molecule has 0 saturated carbocycles. The predicted octanol–water partition coefficient (Wildman–Crippen LogP) is -1.96. The van der Waals surface area contributed by atoms with Gasteiger partial charge in [-0.3, -0.25) is 0 Å². The molecule has 6 nitrogen and oxygen atoms in total. The molecule has 0 rings (SSSR count). The molecule has 0 saturated heterocycles. The standard InChI is InChI=1S/2C2H3O3.Y/c2*3-1-5-2-4;/h2*3H,1H2;/q2*-1;. The van der Waals surface area contributed by atoms with Crippen LogP contribution in [0, 0.1) is 0 Å². The molecule has 2 N–H and O–H groups in total. The molecule has 0 aromatic rings. The molecule has 0 aliphatic rings. The number of aliphatic hydroxyl groups excluding tert-OH is 2. The van der Waals surface area contributed by atoms with Crippen LogP contribution in [-0.4, -0.2) is 36.7 Å². The van der Waals surface area contributed by atoms with Gasteiger partial charge in [-0.25, -0.2) is 0 Å². The van der Waals surface area contributed by atoms with Crippen molar-refractivity contribution in [2.24, 2.45) is 0 Å². The molecule has 63 valence electrons. The van der Waals surface area contributed by atoms with Crippen molar-refractivity contribution in [3.05, 3.63) is 0 Å². The summed E-state index contributed by atoms with van der Waals surface area (Å²) in [6.45, 7) is 0.875. The van der Waals surface area contributed by atoms with Crippen LogP contribution in [0.15, 0.2) is 0 Å². The summed E-state index contributed by atoms with van der Waals surface area (Å²) in [6.07, 6.45) is 0. The fourth-order valence-electron chi connectivity index (χ4n) is 0.0527. The van der Waals surface area contributed by atoms with Gasteiger partial charge in [0.25, 0.3) is 0 Å². The Bertz CT molecular complexity index is 67.0. The van der Waals surface area contributed by atoms with Crippen LogP contribution >= 0.6 is 0 Å². The third kappa shape index (κ3) is 40.2. The van der Waals surface area contributed by atoms with Crippen molar-refractivity contribution in [1.29, 1.82) is 0 Å². The molecule has 11 heavy (non-hydrogen) atoms. The molecule has 0 atom stereocenters. The first kappa shape index (κ1) is 17.2. The summed E-state index contributed by atoms with van der Waals surface area (Å²) >= 11 is 0. The first-order valence-electron chi connectivity index (χ1n) is 2.03. The average molecular weight is 239 g/mol. The zero-order valence-electron chi connectivity index (χ0n) is 5.52. The largest absolute Gasteiger partial charge is 0.634 e. The minimum atomic E-state index is -0.580. The van der Waals surface area contributed by atoms with Gasteiger partial charge in [-0.2, -0.15) is 0 Å². The van der Waals surface area contributed by atoms with Crippen molar-refractivity contribution in [1.82, 2.24) is 0 Å². The van der Waals surface area contributed by atoms with E-state index in [9.17, 15) is 0 Å². The van der Waals surface area contributed by atoms with Gasteiger partial charge in [0.05, 0.1) is 0 Å². The van der Waals surface area contributed by atoms with Crippen LogP contribution in [0.4, 0.5) is 0 Å². The monoisotopic (exact) mass is 239 g/mol. The van der Waals surface area contributed by atoms with Gasteiger partial charge in [-0.1, -0.05) is 12.9 Å². The summed E-state index contributed by atoms with van der Waals surface area (Å²) in [5.41, 5.74) is 0. The summed E-state index contributed by atoms with van der Waals surface area (Å²) in [5.74, 6) is 0. The fraction of sp³-hybridized carbons (Fsp3) is 0.500. The first-order chi connectivity index (χ1) is 4.83. The van der Waals surface area contributed by atoms with Gasteiger partial charge in [0, 0.05) is 32.7 Å². The molecule has 0 heterocycles. The number of hydrogen-bond acceptors (Lipinski definition) is 6. The Kier molecular flexibility index (Phi) is 35.1. The predicted molar refractivity (Wildman–Crippen MR) is 27.7 cm³/mol. The van der Waals surface area contributed by atoms with Crippen LogP contribution in [0.2, 0.25) is 0 Å². The Morgan fingerprint density at radius 2 is 1.27 bits per heavy atom. The second-order valence-corrected chi connectivity index (χ2v) is 0.714. The van der Waals surface area contributed by atoms with Gasteiger partial charge < -0.3 is 29.3 Å². The first-order valence-corrected chi connectivity index (χ1v) is 2.03. The van der Waals surface area contributed by atoms with E-state index in [4.69, 9.17) is 19.8 Å².